The van der Waals surface area contributed by atoms with Crippen molar-refractivity contribution in [2.75, 3.05) is 0 Å². The number of hydrogen-bond acceptors (Lipinski definition) is 4. The Labute approximate surface area is 162 Å². The van der Waals surface area contributed by atoms with Crippen molar-refractivity contribution in [3.05, 3.63) is 29.8 Å². The highest BCUT2D eigenvalue weighted by molar-refractivity contribution is 7.90. The van der Waals surface area contributed by atoms with E-state index >= 15 is 0 Å². The maximum Gasteiger partial charge on any atom is 0.494 e. The number of nitrogens with one attached hydrogen (secondary N) is 1. The van der Waals surface area contributed by atoms with Crippen molar-refractivity contribution in [3.63, 3.8) is 0 Å². The standard InChI is InChI=1S/C18H27BF3NO3S/c1-15(2,3)27(24)23-14(18(20,21)22)12-8-10-13(11-9-12)19-25-16(4,5)17(6,7)26-19/h8-11,14,23H,1-7H3. The first-order valence-corrected chi connectivity index (χ1v) is 9.90. The minimum absolute atomic E-state index is 0.0135. The second kappa shape index (κ2) is 7.26. The molecule has 1 saturated heterocycles. The SMILES string of the molecule is CC(C)(C)[S+]([O-])NC(c1ccc(B2OC(C)(C)C(C)(C)O2)cc1)C(F)(F)F. The molecule has 0 saturated carbocycles. The van der Waals surface area contributed by atoms with Gasteiger partial charge in [-0.3, -0.25) is 0 Å². The third-order valence-electron chi connectivity index (χ3n) is 4.90. The van der Waals surface area contributed by atoms with Crippen LogP contribution in [0.2, 0.25) is 0 Å². The highest BCUT2D eigenvalue weighted by Crippen LogP contribution is 2.37. The Morgan fingerprint density at radius 2 is 1.44 bits per heavy atom. The summed E-state index contributed by atoms with van der Waals surface area (Å²) in [6.07, 6.45) is -4.58. The van der Waals surface area contributed by atoms with E-state index in [-0.39, 0.29) is 5.56 Å². The lowest BCUT2D eigenvalue weighted by atomic mass is 9.78. The van der Waals surface area contributed by atoms with E-state index in [0.29, 0.717) is 5.46 Å². The Balaban J connectivity index is 2.23. The largest absolute Gasteiger partial charge is 0.598 e. The zero-order valence-corrected chi connectivity index (χ0v) is 17.5. The highest BCUT2D eigenvalue weighted by atomic mass is 32.2. The number of rotatable bonds is 4. The average molecular weight is 405 g/mol. The average Bonchev–Trinajstić information content (AvgIpc) is 2.71. The summed E-state index contributed by atoms with van der Waals surface area (Å²) in [7, 11) is -0.648. The molecule has 0 amide bonds. The molecule has 0 bridgehead atoms. The lowest BCUT2D eigenvalue weighted by molar-refractivity contribution is -0.153. The highest BCUT2D eigenvalue weighted by Gasteiger charge is 2.52. The van der Waals surface area contributed by atoms with Crippen LogP contribution in [-0.2, 0) is 20.7 Å². The zero-order valence-electron chi connectivity index (χ0n) is 16.7. The van der Waals surface area contributed by atoms with Crippen molar-refractivity contribution >= 4 is 23.9 Å². The molecule has 27 heavy (non-hydrogen) atoms. The molecule has 9 heteroatoms. The quantitative estimate of drug-likeness (QED) is 0.614. The fourth-order valence-electron chi connectivity index (χ4n) is 2.43. The molecule has 0 aliphatic carbocycles. The topological polar surface area (TPSA) is 53.5 Å². The van der Waals surface area contributed by atoms with Crippen molar-refractivity contribution in [3.8, 4) is 0 Å². The van der Waals surface area contributed by atoms with Gasteiger partial charge >= 0.3 is 13.3 Å². The van der Waals surface area contributed by atoms with Crippen LogP contribution in [0.4, 0.5) is 13.2 Å². The van der Waals surface area contributed by atoms with Gasteiger partial charge in [0, 0.05) is 11.4 Å². The predicted octanol–water partition coefficient (Wildman–Crippen LogP) is 3.64. The van der Waals surface area contributed by atoms with Gasteiger partial charge in [0.2, 0.25) is 0 Å². The summed E-state index contributed by atoms with van der Waals surface area (Å²) in [4.78, 5) is 0. The molecular weight excluding hydrogens is 378 g/mol. The van der Waals surface area contributed by atoms with Gasteiger partial charge in [-0.1, -0.05) is 24.3 Å². The molecule has 2 rings (SSSR count). The summed E-state index contributed by atoms with van der Waals surface area (Å²) < 4.78 is 65.9. The molecule has 1 aromatic rings. The predicted molar refractivity (Wildman–Crippen MR) is 102 cm³/mol. The van der Waals surface area contributed by atoms with Crippen molar-refractivity contribution < 1.29 is 27.0 Å². The van der Waals surface area contributed by atoms with Crippen LogP contribution in [-0.4, -0.2) is 33.8 Å². The maximum atomic E-state index is 13.5. The van der Waals surface area contributed by atoms with Crippen molar-refractivity contribution in [2.45, 2.75) is 76.6 Å². The van der Waals surface area contributed by atoms with Gasteiger partial charge in [0.15, 0.2) is 6.04 Å². The van der Waals surface area contributed by atoms with E-state index in [9.17, 15) is 17.7 Å². The summed E-state index contributed by atoms with van der Waals surface area (Å²) >= 11 is -1.86. The second-order valence-corrected chi connectivity index (χ2v) is 10.7. The summed E-state index contributed by atoms with van der Waals surface area (Å²) in [6, 6.07) is 3.82. The van der Waals surface area contributed by atoms with Gasteiger partial charge in [-0.05, 0) is 59.5 Å². The van der Waals surface area contributed by atoms with Gasteiger partial charge < -0.3 is 13.9 Å². The van der Waals surface area contributed by atoms with Crippen LogP contribution in [0.15, 0.2) is 24.3 Å². The molecule has 1 heterocycles. The van der Waals surface area contributed by atoms with E-state index in [1.54, 1.807) is 32.9 Å². The third kappa shape index (κ3) is 5.01. The number of benzene rings is 1. The van der Waals surface area contributed by atoms with Crippen LogP contribution in [0.25, 0.3) is 0 Å². The molecule has 4 nitrogen and oxygen atoms in total. The first-order chi connectivity index (χ1) is 12.0. The Bertz CT molecular complexity index is 643. The Morgan fingerprint density at radius 1 is 1.00 bits per heavy atom. The van der Waals surface area contributed by atoms with Gasteiger partial charge in [-0.25, -0.2) is 0 Å². The fourth-order valence-corrected chi connectivity index (χ4v) is 3.27. The van der Waals surface area contributed by atoms with Crippen LogP contribution in [0.1, 0.15) is 60.1 Å². The van der Waals surface area contributed by atoms with E-state index in [1.807, 2.05) is 27.7 Å². The van der Waals surface area contributed by atoms with E-state index in [0.717, 1.165) is 0 Å². The monoisotopic (exact) mass is 405 g/mol. The molecule has 2 unspecified atom stereocenters. The maximum absolute atomic E-state index is 13.5. The minimum Gasteiger partial charge on any atom is -0.598 e. The first kappa shape index (κ1) is 22.6. The summed E-state index contributed by atoms with van der Waals surface area (Å²) in [5.41, 5.74) is -0.443. The van der Waals surface area contributed by atoms with Crippen LogP contribution in [0, 0.1) is 0 Å². The van der Waals surface area contributed by atoms with Crippen LogP contribution >= 0.6 is 0 Å². The third-order valence-corrected chi connectivity index (χ3v) is 6.47. The van der Waals surface area contributed by atoms with Crippen molar-refractivity contribution in [1.82, 2.24) is 4.72 Å². The molecule has 1 fully saturated rings. The smallest absolute Gasteiger partial charge is 0.494 e. The van der Waals surface area contributed by atoms with Crippen molar-refractivity contribution in [2.24, 2.45) is 0 Å². The lowest BCUT2D eigenvalue weighted by Crippen LogP contribution is -2.45. The van der Waals surface area contributed by atoms with Gasteiger partial charge in [-0.2, -0.15) is 13.2 Å². The van der Waals surface area contributed by atoms with Crippen LogP contribution in [0.3, 0.4) is 0 Å². The van der Waals surface area contributed by atoms with Gasteiger partial charge in [0.05, 0.1) is 11.2 Å². The van der Waals surface area contributed by atoms with Gasteiger partial charge in [-0.15, -0.1) is 4.72 Å². The molecular formula is C18H27BF3NO3S. The first-order valence-electron chi connectivity index (χ1n) is 8.75. The normalized spacial score (nSPS) is 22.0. The van der Waals surface area contributed by atoms with E-state index < -0.39 is 46.6 Å². The van der Waals surface area contributed by atoms with Crippen molar-refractivity contribution in [1.29, 1.82) is 0 Å². The van der Waals surface area contributed by atoms with Crippen LogP contribution in [0.5, 0.6) is 0 Å². The number of hydrogen-bond donors (Lipinski definition) is 1. The molecule has 1 aliphatic heterocycles. The van der Waals surface area contributed by atoms with E-state index in [2.05, 4.69) is 4.72 Å². The molecule has 1 aromatic carbocycles. The molecule has 0 aromatic heterocycles. The number of halogens is 3. The molecule has 152 valence electrons. The van der Waals surface area contributed by atoms with Gasteiger partial charge in [0.25, 0.3) is 0 Å². The molecule has 1 N–H and O–H groups in total. The molecule has 0 spiro atoms. The zero-order chi connectivity index (χ0) is 20.8. The van der Waals surface area contributed by atoms with Crippen LogP contribution < -0.4 is 10.2 Å². The molecule has 1 aliphatic rings. The Hall–Kier alpha value is -0.735. The Morgan fingerprint density at radius 3 is 1.81 bits per heavy atom. The van der Waals surface area contributed by atoms with Gasteiger partial charge in [0.1, 0.15) is 4.75 Å². The van der Waals surface area contributed by atoms with E-state index in [4.69, 9.17) is 9.31 Å². The Kier molecular flexibility index (Phi) is 6.06. The summed E-state index contributed by atoms with van der Waals surface area (Å²) in [5.74, 6) is 0. The molecule has 0 radical (unpaired) electrons. The molecule has 2 atom stereocenters. The summed E-state index contributed by atoms with van der Waals surface area (Å²) in [6.45, 7) is 12.5. The number of alkyl halides is 3. The second-order valence-electron chi connectivity index (χ2n) is 8.73. The fraction of sp³-hybridized carbons (Fsp3) is 0.667. The summed E-state index contributed by atoms with van der Waals surface area (Å²) in [5, 5.41) is 0. The lowest BCUT2D eigenvalue weighted by Gasteiger charge is -2.32. The minimum atomic E-state index is -4.58. The van der Waals surface area contributed by atoms with E-state index in [1.165, 1.54) is 12.1 Å².